The van der Waals surface area contributed by atoms with Gasteiger partial charge in [-0.25, -0.2) is 4.39 Å². The van der Waals surface area contributed by atoms with Gasteiger partial charge < -0.3 is 9.32 Å². The molecule has 1 saturated heterocycles. The summed E-state index contributed by atoms with van der Waals surface area (Å²) in [5, 5.41) is 2.11. The van der Waals surface area contributed by atoms with Crippen LogP contribution in [0, 0.1) is 11.7 Å². The SMILES string of the molecule is C[C@H]1CN(CCc2cccs2)CC[C@@H]1N(C(=O)c1ccco1)c1ccccc1F. The molecule has 2 atom stereocenters. The summed E-state index contributed by atoms with van der Waals surface area (Å²) in [4.78, 5) is 18.7. The summed E-state index contributed by atoms with van der Waals surface area (Å²) < 4.78 is 20.0. The highest BCUT2D eigenvalue weighted by molar-refractivity contribution is 7.09. The summed E-state index contributed by atoms with van der Waals surface area (Å²) in [7, 11) is 0. The molecule has 1 fully saturated rings. The van der Waals surface area contributed by atoms with Gasteiger partial charge >= 0.3 is 0 Å². The van der Waals surface area contributed by atoms with Crippen LogP contribution < -0.4 is 4.90 Å². The molecule has 152 valence electrons. The Kier molecular flexibility index (Phi) is 6.11. The van der Waals surface area contributed by atoms with Crippen molar-refractivity contribution in [3.05, 3.63) is 76.6 Å². The first kappa shape index (κ1) is 19.9. The van der Waals surface area contributed by atoms with Crippen LogP contribution in [0.2, 0.25) is 0 Å². The lowest BCUT2D eigenvalue weighted by molar-refractivity contribution is 0.0905. The van der Waals surface area contributed by atoms with Crippen LogP contribution >= 0.6 is 11.3 Å². The number of para-hydroxylation sites is 1. The minimum Gasteiger partial charge on any atom is -0.459 e. The van der Waals surface area contributed by atoms with Crippen molar-refractivity contribution in [3.63, 3.8) is 0 Å². The van der Waals surface area contributed by atoms with Gasteiger partial charge in [0.1, 0.15) is 5.82 Å². The van der Waals surface area contributed by atoms with Crippen molar-refractivity contribution in [2.45, 2.75) is 25.8 Å². The maximum Gasteiger partial charge on any atom is 0.294 e. The molecule has 0 N–H and O–H groups in total. The van der Waals surface area contributed by atoms with Gasteiger partial charge in [0, 0.05) is 30.6 Å². The predicted octanol–water partition coefficient (Wildman–Crippen LogP) is 5.08. The minimum atomic E-state index is -0.389. The number of thiophene rings is 1. The number of carbonyl (C=O) groups excluding carboxylic acids is 1. The molecule has 4 nitrogen and oxygen atoms in total. The molecule has 0 unspecified atom stereocenters. The van der Waals surface area contributed by atoms with E-state index in [1.165, 1.54) is 17.2 Å². The van der Waals surface area contributed by atoms with Gasteiger partial charge in [-0.05, 0) is 54.5 Å². The zero-order chi connectivity index (χ0) is 20.2. The van der Waals surface area contributed by atoms with E-state index in [9.17, 15) is 9.18 Å². The molecular formula is C23H25FN2O2S. The maximum atomic E-state index is 14.6. The Hall–Kier alpha value is -2.44. The molecule has 0 saturated carbocycles. The summed E-state index contributed by atoms with van der Waals surface area (Å²) in [6.07, 6.45) is 3.31. The molecule has 1 amide bonds. The third kappa shape index (κ3) is 4.43. The third-order valence-corrected chi connectivity index (χ3v) is 6.53. The Bertz CT molecular complexity index is 926. The number of hydrogen-bond acceptors (Lipinski definition) is 4. The van der Waals surface area contributed by atoms with Crippen LogP contribution in [0.25, 0.3) is 0 Å². The number of benzene rings is 1. The predicted molar refractivity (Wildman–Crippen MR) is 114 cm³/mol. The van der Waals surface area contributed by atoms with E-state index in [2.05, 4.69) is 29.3 Å². The third-order valence-electron chi connectivity index (χ3n) is 5.59. The number of hydrogen-bond donors (Lipinski definition) is 0. The fourth-order valence-electron chi connectivity index (χ4n) is 4.13. The molecule has 3 aromatic rings. The van der Waals surface area contributed by atoms with E-state index in [0.29, 0.717) is 5.69 Å². The molecule has 1 aliphatic heterocycles. The second-order valence-electron chi connectivity index (χ2n) is 7.57. The lowest BCUT2D eigenvalue weighted by Gasteiger charge is -2.42. The normalized spacial score (nSPS) is 19.9. The Labute approximate surface area is 174 Å². The molecule has 3 heterocycles. The highest BCUT2D eigenvalue weighted by Crippen LogP contribution is 2.31. The van der Waals surface area contributed by atoms with E-state index in [-0.39, 0.29) is 29.4 Å². The molecular weight excluding hydrogens is 387 g/mol. The number of rotatable bonds is 6. The summed E-state index contributed by atoms with van der Waals surface area (Å²) in [6, 6.07) is 14.0. The van der Waals surface area contributed by atoms with E-state index in [0.717, 1.165) is 32.5 Å². The number of nitrogens with zero attached hydrogens (tertiary/aromatic N) is 2. The van der Waals surface area contributed by atoms with E-state index in [1.807, 2.05) is 0 Å². The molecule has 0 aliphatic carbocycles. The smallest absolute Gasteiger partial charge is 0.294 e. The highest BCUT2D eigenvalue weighted by atomic mass is 32.1. The minimum absolute atomic E-state index is 0.0810. The summed E-state index contributed by atoms with van der Waals surface area (Å²) >= 11 is 1.79. The van der Waals surface area contributed by atoms with E-state index < -0.39 is 0 Å². The van der Waals surface area contributed by atoms with Gasteiger partial charge in [0.05, 0.1) is 12.0 Å². The monoisotopic (exact) mass is 412 g/mol. The Morgan fingerprint density at radius 2 is 2.10 bits per heavy atom. The van der Waals surface area contributed by atoms with E-state index in [4.69, 9.17) is 4.42 Å². The van der Waals surface area contributed by atoms with Crippen LogP contribution in [0.4, 0.5) is 10.1 Å². The second-order valence-corrected chi connectivity index (χ2v) is 8.60. The van der Waals surface area contributed by atoms with Crippen molar-refractivity contribution in [2.75, 3.05) is 24.5 Å². The largest absolute Gasteiger partial charge is 0.459 e. The van der Waals surface area contributed by atoms with Gasteiger partial charge in [0.2, 0.25) is 0 Å². The Balaban J connectivity index is 1.52. The first-order chi connectivity index (χ1) is 14.1. The van der Waals surface area contributed by atoms with Crippen LogP contribution in [0.3, 0.4) is 0 Å². The number of anilines is 1. The average Bonchev–Trinajstić information content (AvgIpc) is 3.43. The van der Waals surface area contributed by atoms with E-state index >= 15 is 0 Å². The van der Waals surface area contributed by atoms with Crippen LogP contribution in [-0.4, -0.2) is 36.5 Å². The van der Waals surface area contributed by atoms with Gasteiger partial charge in [-0.1, -0.05) is 25.1 Å². The first-order valence-corrected chi connectivity index (χ1v) is 10.9. The van der Waals surface area contributed by atoms with Gasteiger partial charge in [-0.3, -0.25) is 9.69 Å². The number of halogens is 1. The van der Waals surface area contributed by atoms with Crippen LogP contribution in [0.1, 0.15) is 28.8 Å². The highest BCUT2D eigenvalue weighted by Gasteiger charge is 2.36. The molecule has 1 aromatic carbocycles. The summed E-state index contributed by atoms with van der Waals surface area (Å²) in [6.45, 7) is 4.91. The summed E-state index contributed by atoms with van der Waals surface area (Å²) in [5.74, 6) is -0.227. The number of piperidine rings is 1. The Morgan fingerprint density at radius 3 is 2.79 bits per heavy atom. The van der Waals surface area contributed by atoms with Crippen molar-refractivity contribution >= 4 is 22.9 Å². The van der Waals surface area contributed by atoms with Gasteiger partial charge in [-0.15, -0.1) is 11.3 Å². The van der Waals surface area contributed by atoms with Gasteiger partial charge in [-0.2, -0.15) is 0 Å². The fraction of sp³-hybridized carbons (Fsp3) is 0.348. The van der Waals surface area contributed by atoms with Gasteiger partial charge in [0.25, 0.3) is 5.91 Å². The Morgan fingerprint density at radius 1 is 1.24 bits per heavy atom. The maximum absolute atomic E-state index is 14.6. The number of amides is 1. The number of likely N-dealkylation sites (tertiary alicyclic amines) is 1. The number of carbonyl (C=O) groups is 1. The van der Waals surface area contributed by atoms with Crippen molar-refractivity contribution in [2.24, 2.45) is 5.92 Å². The molecule has 29 heavy (non-hydrogen) atoms. The zero-order valence-electron chi connectivity index (χ0n) is 16.5. The van der Waals surface area contributed by atoms with Crippen LogP contribution in [0.5, 0.6) is 0 Å². The zero-order valence-corrected chi connectivity index (χ0v) is 17.3. The van der Waals surface area contributed by atoms with Crippen molar-refractivity contribution in [1.29, 1.82) is 0 Å². The number of furan rings is 1. The molecule has 0 radical (unpaired) electrons. The standard InChI is InChI=1S/C23H25FN2O2S/c1-17-16-25(12-10-18-6-5-15-29-18)13-11-20(17)26(21-8-3-2-7-19(21)24)23(27)22-9-4-14-28-22/h2-9,14-15,17,20H,10-13,16H2,1H3/t17-,20-/m0/s1. The molecule has 4 rings (SSSR count). The van der Waals surface area contributed by atoms with E-state index in [1.54, 1.807) is 46.6 Å². The lowest BCUT2D eigenvalue weighted by Crippen LogP contribution is -2.53. The first-order valence-electron chi connectivity index (χ1n) is 10.00. The topological polar surface area (TPSA) is 36.7 Å². The second kappa shape index (κ2) is 8.93. The van der Waals surface area contributed by atoms with Gasteiger partial charge in [0.15, 0.2) is 5.76 Å². The average molecular weight is 413 g/mol. The molecule has 6 heteroatoms. The summed E-state index contributed by atoms with van der Waals surface area (Å²) in [5.41, 5.74) is 0.317. The quantitative estimate of drug-likeness (QED) is 0.567. The fourth-order valence-corrected chi connectivity index (χ4v) is 4.83. The molecule has 2 aromatic heterocycles. The van der Waals surface area contributed by atoms with Crippen molar-refractivity contribution in [3.8, 4) is 0 Å². The molecule has 0 bridgehead atoms. The van der Waals surface area contributed by atoms with Crippen LogP contribution in [0.15, 0.2) is 64.6 Å². The molecule has 1 aliphatic rings. The lowest BCUT2D eigenvalue weighted by atomic mass is 9.91. The van der Waals surface area contributed by atoms with Crippen molar-refractivity contribution in [1.82, 2.24) is 4.90 Å². The van der Waals surface area contributed by atoms with Crippen LogP contribution in [-0.2, 0) is 6.42 Å². The van der Waals surface area contributed by atoms with Crippen molar-refractivity contribution < 1.29 is 13.6 Å². The molecule has 0 spiro atoms.